The van der Waals surface area contributed by atoms with Crippen LogP contribution in [-0.2, 0) is 19.1 Å². The molecule has 1 amide bonds. The lowest BCUT2D eigenvalue weighted by Crippen LogP contribution is -2.21. The van der Waals surface area contributed by atoms with Crippen LogP contribution in [0, 0.1) is 13.8 Å². The van der Waals surface area contributed by atoms with E-state index in [1.54, 1.807) is 37.3 Å². The minimum absolute atomic E-state index is 0.230. The second kappa shape index (κ2) is 9.43. The Morgan fingerprint density at radius 1 is 1.17 bits per heavy atom. The van der Waals surface area contributed by atoms with Gasteiger partial charge in [0.25, 0.3) is 5.91 Å². The van der Waals surface area contributed by atoms with Gasteiger partial charge in [0, 0.05) is 23.5 Å². The number of nitrogens with one attached hydrogen (secondary N) is 1. The Morgan fingerprint density at radius 2 is 1.90 bits per heavy atom. The predicted molar refractivity (Wildman–Crippen MR) is 113 cm³/mol. The molecule has 1 heterocycles. The minimum Gasteiger partial charge on any atom is -0.462 e. The Morgan fingerprint density at radius 3 is 2.60 bits per heavy atom. The zero-order valence-electron chi connectivity index (χ0n) is 17.4. The van der Waals surface area contributed by atoms with Gasteiger partial charge in [-0.2, -0.15) is 0 Å². The molecule has 0 radical (unpaired) electrons. The van der Waals surface area contributed by atoms with Crippen molar-refractivity contribution < 1.29 is 23.9 Å². The highest BCUT2D eigenvalue weighted by Gasteiger charge is 2.26. The Balaban J connectivity index is 1.54. The van der Waals surface area contributed by atoms with Crippen LogP contribution in [-0.4, -0.2) is 35.6 Å². The molecule has 1 aromatic heterocycles. The maximum atomic E-state index is 12.1. The second-order valence-corrected chi connectivity index (χ2v) is 7.18. The molecule has 0 spiro atoms. The first-order chi connectivity index (χ1) is 14.4. The van der Waals surface area contributed by atoms with Crippen molar-refractivity contribution in [2.75, 3.05) is 18.5 Å². The topological polar surface area (TPSA) is 86.6 Å². The third-order valence-electron chi connectivity index (χ3n) is 4.88. The lowest BCUT2D eigenvalue weighted by atomic mass is 10.2. The van der Waals surface area contributed by atoms with E-state index in [1.807, 2.05) is 13.0 Å². The van der Waals surface area contributed by atoms with Gasteiger partial charge in [0.15, 0.2) is 6.61 Å². The highest BCUT2D eigenvalue weighted by Crippen LogP contribution is 2.38. The van der Waals surface area contributed by atoms with Gasteiger partial charge in [0.1, 0.15) is 0 Å². The molecule has 1 aliphatic rings. The van der Waals surface area contributed by atoms with Crippen molar-refractivity contribution in [2.45, 2.75) is 39.7 Å². The van der Waals surface area contributed by atoms with Gasteiger partial charge in [-0.1, -0.05) is 12.1 Å². The maximum Gasteiger partial charge on any atom is 0.340 e. The van der Waals surface area contributed by atoms with Crippen LogP contribution in [0.2, 0.25) is 0 Å². The molecule has 0 atom stereocenters. The molecular formula is C23H26N2O5. The van der Waals surface area contributed by atoms with E-state index in [4.69, 9.17) is 9.47 Å². The van der Waals surface area contributed by atoms with E-state index in [-0.39, 0.29) is 12.2 Å². The number of aryl methyl sites for hydroxylation is 1. The monoisotopic (exact) mass is 410 g/mol. The average molecular weight is 410 g/mol. The third-order valence-corrected chi connectivity index (χ3v) is 4.88. The molecule has 0 aliphatic heterocycles. The zero-order chi connectivity index (χ0) is 21.7. The normalized spacial score (nSPS) is 13.3. The fourth-order valence-corrected chi connectivity index (χ4v) is 3.37. The number of benzene rings is 1. The number of carbonyl (C=O) groups is 3. The number of nitrogens with zero attached hydrogens (tertiary/aromatic N) is 1. The summed E-state index contributed by atoms with van der Waals surface area (Å²) in [5.41, 5.74) is 3.80. The molecule has 0 unspecified atom stereocenters. The van der Waals surface area contributed by atoms with Crippen LogP contribution >= 0.6 is 0 Å². The number of hydrogen-bond acceptors (Lipinski definition) is 5. The molecule has 1 aromatic carbocycles. The van der Waals surface area contributed by atoms with Crippen LogP contribution in [0.3, 0.4) is 0 Å². The van der Waals surface area contributed by atoms with Gasteiger partial charge in [-0.05, 0) is 63.5 Å². The fraction of sp³-hybridized carbons (Fsp3) is 0.348. The summed E-state index contributed by atoms with van der Waals surface area (Å²) in [6, 6.07) is 9.11. The Kier molecular flexibility index (Phi) is 6.72. The number of amides is 1. The summed E-state index contributed by atoms with van der Waals surface area (Å²) in [7, 11) is 0. The Bertz CT molecular complexity index is 985. The van der Waals surface area contributed by atoms with Gasteiger partial charge in [-0.3, -0.25) is 4.79 Å². The molecule has 0 bridgehead atoms. The molecular weight excluding hydrogens is 384 g/mol. The van der Waals surface area contributed by atoms with Crippen LogP contribution in [0.25, 0.3) is 6.08 Å². The standard InChI is InChI=1S/C23H26N2O5/c1-4-29-23(28)19-7-5-6-8-20(19)24-21(26)14-30-22(27)12-9-17-13-15(2)25(16(17)3)18-10-11-18/h5-9,12-13,18H,4,10-11,14H2,1-3H3,(H,24,26)/b12-9+. The van der Waals surface area contributed by atoms with Gasteiger partial charge in [0.2, 0.25) is 0 Å². The molecule has 7 heteroatoms. The van der Waals surface area contributed by atoms with Crippen molar-refractivity contribution >= 4 is 29.6 Å². The number of carbonyl (C=O) groups excluding carboxylic acids is 3. The first-order valence-electron chi connectivity index (χ1n) is 10.00. The van der Waals surface area contributed by atoms with Crippen molar-refractivity contribution in [1.82, 2.24) is 4.57 Å². The van der Waals surface area contributed by atoms with Crippen LogP contribution in [0.1, 0.15) is 53.1 Å². The van der Waals surface area contributed by atoms with E-state index in [1.165, 1.54) is 24.6 Å². The average Bonchev–Trinajstić information content (AvgIpc) is 3.50. The Labute approximate surface area is 175 Å². The van der Waals surface area contributed by atoms with E-state index >= 15 is 0 Å². The molecule has 1 fully saturated rings. The van der Waals surface area contributed by atoms with Crippen molar-refractivity contribution in [2.24, 2.45) is 0 Å². The summed E-state index contributed by atoms with van der Waals surface area (Å²) in [5.74, 6) is -1.68. The lowest BCUT2D eigenvalue weighted by molar-refractivity contribution is -0.142. The molecule has 0 saturated heterocycles. The molecule has 1 saturated carbocycles. The van der Waals surface area contributed by atoms with Gasteiger partial charge >= 0.3 is 11.9 Å². The predicted octanol–water partition coefficient (Wildman–Crippen LogP) is 3.81. The highest BCUT2D eigenvalue weighted by atomic mass is 16.5. The second-order valence-electron chi connectivity index (χ2n) is 7.18. The summed E-state index contributed by atoms with van der Waals surface area (Å²) in [4.78, 5) is 36.1. The number of esters is 2. The fourth-order valence-electron chi connectivity index (χ4n) is 3.37. The van der Waals surface area contributed by atoms with E-state index in [0.717, 1.165) is 11.3 Å². The molecule has 3 rings (SSSR count). The molecule has 7 nitrogen and oxygen atoms in total. The van der Waals surface area contributed by atoms with Gasteiger partial charge in [-0.25, -0.2) is 9.59 Å². The molecule has 2 aromatic rings. The van der Waals surface area contributed by atoms with E-state index in [0.29, 0.717) is 11.7 Å². The van der Waals surface area contributed by atoms with Gasteiger partial charge < -0.3 is 19.4 Å². The SMILES string of the molecule is CCOC(=O)c1ccccc1NC(=O)COC(=O)/C=C/c1cc(C)n(C2CC2)c1C. The van der Waals surface area contributed by atoms with Crippen LogP contribution in [0.15, 0.2) is 36.4 Å². The number of rotatable bonds is 8. The molecule has 158 valence electrons. The van der Waals surface area contributed by atoms with E-state index in [9.17, 15) is 14.4 Å². The quantitative estimate of drug-likeness (QED) is 0.528. The van der Waals surface area contributed by atoms with Gasteiger partial charge in [0.05, 0.1) is 17.9 Å². The van der Waals surface area contributed by atoms with Crippen molar-refractivity contribution in [3.05, 3.63) is 58.9 Å². The van der Waals surface area contributed by atoms with Crippen LogP contribution in [0.5, 0.6) is 0 Å². The zero-order valence-corrected chi connectivity index (χ0v) is 17.4. The number of anilines is 1. The summed E-state index contributed by atoms with van der Waals surface area (Å²) in [6.07, 6.45) is 5.41. The summed E-state index contributed by atoms with van der Waals surface area (Å²) >= 11 is 0. The summed E-state index contributed by atoms with van der Waals surface area (Å²) < 4.78 is 12.3. The maximum absolute atomic E-state index is 12.1. The summed E-state index contributed by atoms with van der Waals surface area (Å²) in [5, 5.41) is 2.57. The molecule has 1 aliphatic carbocycles. The number of ether oxygens (including phenoxy) is 2. The largest absolute Gasteiger partial charge is 0.462 e. The van der Waals surface area contributed by atoms with Gasteiger partial charge in [-0.15, -0.1) is 0 Å². The lowest BCUT2D eigenvalue weighted by Gasteiger charge is -2.10. The highest BCUT2D eigenvalue weighted by molar-refractivity contribution is 6.02. The van der Waals surface area contributed by atoms with Crippen LogP contribution in [0.4, 0.5) is 5.69 Å². The van der Waals surface area contributed by atoms with Crippen molar-refractivity contribution in [3.63, 3.8) is 0 Å². The third kappa shape index (κ3) is 5.17. The van der Waals surface area contributed by atoms with Crippen molar-refractivity contribution in [1.29, 1.82) is 0 Å². The molecule has 30 heavy (non-hydrogen) atoms. The molecule has 1 N–H and O–H groups in total. The van der Waals surface area contributed by atoms with Crippen LogP contribution < -0.4 is 5.32 Å². The minimum atomic E-state index is -0.611. The van der Waals surface area contributed by atoms with Crippen molar-refractivity contribution in [3.8, 4) is 0 Å². The summed E-state index contributed by atoms with van der Waals surface area (Å²) in [6.45, 7) is 5.56. The van der Waals surface area contributed by atoms with E-state index < -0.39 is 24.5 Å². The number of aromatic nitrogens is 1. The number of para-hydroxylation sites is 1. The Hall–Kier alpha value is -3.35. The van der Waals surface area contributed by atoms with E-state index in [2.05, 4.69) is 16.8 Å². The smallest absolute Gasteiger partial charge is 0.340 e. The number of hydrogen-bond donors (Lipinski definition) is 1. The first-order valence-corrected chi connectivity index (χ1v) is 10.00. The first kappa shape index (κ1) is 21.4.